The number of nitrogens with zero attached hydrogens (tertiary/aromatic N) is 1. The van der Waals surface area contributed by atoms with Crippen molar-refractivity contribution < 1.29 is 37.4 Å². The summed E-state index contributed by atoms with van der Waals surface area (Å²) in [7, 11) is 2.68. The third-order valence-electron chi connectivity index (χ3n) is 5.16. The number of carbonyl (C=O) groups is 3. The summed E-state index contributed by atoms with van der Waals surface area (Å²) in [6.07, 6.45) is 1.45. The molecule has 3 aromatic rings. The number of nitrogens with one attached hydrogen (secondary N) is 1. The number of hydrogen-bond donors (Lipinski definition) is 1. The summed E-state index contributed by atoms with van der Waals surface area (Å²) >= 11 is 3.40. The number of rotatable bonds is 8. The van der Waals surface area contributed by atoms with Crippen LogP contribution in [-0.4, -0.2) is 37.0 Å². The van der Waals surface area contributed by atoms with Crippen molar-refractivity contribution in [3.63, 3.8) is 0 Å². The lowest BCUT2D eigenvalue weighted by atomic mass is 10.1. The van der Waals surface area contributed by atoms with Crippen LogP contribution in [0.5, 0.6) is 11.5 Å². The van der Waals surface area contributed by atoms with Crippen molar-refractivity contribution >= 4 is 39.9 Å². The molecule has 9 nitrogen and oxygen atoms in total. The summed E-state index contributed by atoms with van der Waals surface area (Å²) in [6, 6.07) is 11.6. The van der Waals surface area contributed by atoms with Gasteiger partial charge in [0, 0.05) is 10.0 Å². The Labute approximate surface area is 213 Å². The van der Waals surface area contributed by atoms with Gasteiger partial charge in [-0.3, -0.25) is 9.69 Å². The van der Waals surface area contributed by atoms with Gasteiger partial charge in [-0.1, -0.05) is 28.1 Å². The van der Waals surface area contributed by atoms with Gasteiger partial charge in [-0.05, 0) is 48.0 Å². The quantitative estimate of drug-likeness (QED) is 0.243. The Morgan fingerprint density at radius 3 is 2.69 bits per heavy atom. The van der Waals surface area contributed by atoms with Crippen LogP contribution in [0.4, 0.5) is 9.18 Å². The lowest BCUT2D eigenvalue weighted by Gasteiger charge is -2.15. The molecular formula is C25H20BrFN2O7. The van der Waals surface area contributed by atoms with Crippen LogP contribution < -0.4 is 14.8 Å². The number of halogens is 2. The highest BCUT2D eigenvalue weighted by atomic mass is 79.9. The summed E-state index contributed by atoms with van der Waals surface area (Å²) in [4.78, 5) is 38.1. The predicted molar refractivity (Wildman–Crippen MR) is 129 cm³/mol. The standard InChI is InChI=1S/C25H20BrFN2O7/c1-33-21-11-16(26)9-15(22(21)35-13-14-4-3-5-17(27)8-14)10-19-23(30)29(25(32)28-19)12-18-6-7-20(36-18)24(31)34-2/h3-11H,12-13H2,1-2H3,(H,28,32)/b19-10-. The van der Waals surface area contributed by atoms with Crippen molar-refractivity contribution in [2.45, 2.75) is 13.2 Å². The van der Waals surface area contributed by atoms with Crippen molar-refractivity contribution in [1.82, 2.24) is 10.2 Å². The maximum absolute atomic E-state index is 13.6. The number of furan rings is 1. The van der Waals surface area contributed by atoms with Gasteiger partial charge >= 0.3 is 12.0 Å². The maximum atomic E-state index is 13.6. The van der Waals surface area contributed by atoms with E-state index in [0.29, 0.717) is 27.1 Å². The highest BCUT2D eigenvalue weighted by molar-refractivity contribution is 9.10. The van der Waals surface area contributed by atoms with E-state index >= 15 is 0 Å². The van der Waals surface area contributed by atoms with E-state index < -0.39 is 23.7 Å². The van der Waals surface area contributed by atoms with Crippen molar-refractivity contribution in [3.05, 3.63) is 87.2 Å². The Morgan fingerprint density at radius 1 is 1.17 bits per heavy atom. The van der Waals surface area contributed by atoms with Crippen LogP contribution >= 0.6 is 15.9 Å². The molecule has 186 valence electrons. The van der Waals surface area contributed by atoms with Gasteiger partial charge in [-0.25, -0.2) is 14.0 Å². The monoisotopic (exact) mass is 558 g/mol. The lowest BCUT2D eigenvalue weighted by molar-refractivity contribution is -0.123. The van der Waals surface area contributed by atoms with E-state index in [1.807, 2.05) is 0 Å². The van der Waals surface area contributed by atoms with E-state index in [2.05, 4.69) is 26.0 Å². The van der Waals surface area contributed by atoms with Crippen molar-refractivity contribution in [3.8, 4) is 11.5 Å². The van der Waals surface area contributed by atoms with Gasteiger partial charge in [0.05, 0.1) is 20.8 Å². The first-order valence-corrected chi connectivity index (χ1v) is 11.3. The molecule has 1 fully saturated rings. The third-order valence-corrected chi connectivity index (χ3v) is 5.62. The van der Waals surface area contributed by atoms with Crippen molar-refractivity contribution in [1.29, 1.82) is 0 Å². The molecule has 1 N–H and O–H groups in total. The highest BCUT2D eigenvalue weighted by Crippen LogP contribution is 2.37. The number of imide groups is 1. The summed E-state index contributed by atoms with van der Waals surface area (Å²) in [5.41, 5.74) is 1.03. The molecule has 0 atom stereocenters. The highest BCUT2D eigenvalue weighted by Gasteiger charge is 2.34. The number of carbonyl (C=O) groups excluding carboxylic acids is 3. The van der Waals surface area contributed by atoms with E-state index in [4.69, 9.17) is 13.9 Å². The van der Waals surface area contributed by atoms with Crippen molar-refractivity contribution in [2.24, 2.45) is 0 Å². The van der Waals surface area contributed by atoms with Gasteiger partial charge in [-0.15, -0.1) is 0 Å². The summed E-state index contributed by atoms with van der Waals surface area (Å²) in [5, 5.41) is 2.53. The first kappa shape index (κ1) is 25.0. The Balaban J connectivity index is 1.59. The molecule has 0 aliphatic carbocycles. The molecule has 0 bridgehead atoms. The first-order chi connectivity index (χ1) is 17.3. The molecule has 2 heterocycles. The third kappa shape index (κ3) is 5.41. The van der Waals surface area contributed by atoms with Gasteiger partial charge < -0.3 is 23.9 Å². The Kier molecular flexibility index (Phi) is 7.39. The van der Waals surface area contributed by atoms with Gasteiger partial charge in [0.2, 0.25) is 5.76 Å². The Morgan fingerprint density at radius 2 is 1.97 bits per heavy atom. The topological polar surface area (TPSA) is 107 Å². The molecule has 36 heavy (non-hydrogen) atoms. The van der Waals surface area contributed by atoms with Crippen LogP contribution in [0.1, 0.15) is 27.4 Å². The average Bonchev–Trinajstić information content (AvgIpc) is 3.43. The zero-order valence-electron chi connectivity index (χ0n) is 19.2. The zero-order chi connectivity index (χ0) is 25.8. The zero-order valence-corrected chi connectivity index (χ0v) is 20.8. The van der Waals surface area contributed by atoms with Crippen LogP contribution in [0.3, 0.4) is 0 Å². The molecule has 1 aromatic heterocycles. The molecule has 3 amide bonds. The molecule has 1 saturated heterocycles. The molecule has 0 unspecified atom stereocenters. The predicted octanol–water partition coefficient (Wildman–Crippen LogP) is 4.65. The van der Waals surface area contributed by atoms with E-state index in [-0.39, 0.29) is 30.4 Å². The number of ether oxygens (including phenoxy) is 3. The molecule has 1 aliphatic heterocycles. The molecular weight excluding hydrogens is 539 g/mol. The molecule has 1 aliphatic rings. The Bertz CT molecular complexity index is 1370. The summed E-state index contributed by atoms with van der Waals surface area (Å²) < 4.78 is 35.5. The molecule has 0 spiro atoms. The normalized spacial score (nSPS) is 14.2. The lowest BCUT2D eigenvalue weighted by Crippen LogP contribution is -2.30. The van der Waals surface area contributed by atoms with Crippen LogP contribution in [-0.2, 0) is 22.7 Å². The van der Waals surface area contributed by atoms with E-state index in [9.17, 15) is 18.8 Å². The fraction of sp³-hybridized carbons (Fsp3) is 0.160. The summed E-state index contributed by atoms with van der Waals surface area (Å²) in [6.45, 7) is -0.150. The molecule has 0 radical (unpaired) electrons. The first-order valence-electron chi connectivity index (χ1n) is 10.6. The maximum Gasteiger partial charge on any atom is 0.373 e. The fourth-order valence-corrected chi connectivity index (χ4v) is 3.94. The van der Waals surface area contributed by atoms with E-state index in [1.54, 1.807) is 24.3 Å². The van der Waals surface area contributed by atoms with Gasteiger partial charge in [0.15, 0.2) is 11.5 Å². The fourth-order valence-electron chi connectivity index (χ4n) is 3.48. The largest absolute Gasteiger partial charge is 0.493 e. The second-order valence-corrected chi connectivity index (χ2v) is 8.50. The second-order valence-electron chi connectivity index (χ2n) is 7.58. The van der Waals surface area contributed by atoms with Crippen LogP contribution in [0.2, 0.25) is 0 Å². The number of esters is 1. The number of benzene rings is 2. The Hall–Kier alpha value is -4.12. The smallest absolute Gasteiger partial charge is 0.373 e. The van der Waals surface area contributed by atoms with Gasteiger partial charge in [-0.2, -0.15) is 0 Å². The van der Waals surface area contributed by atoms with E-state index in [0.717, 1.165) is 4.90 Å². The van der Waals surface area contributed by atoms with Crippen LogP contribution in [0.25, 0.3) is 6.08 Å². The van der Waals surface area contributed by atoms with Crippen LogP contribution in [0.15, 0.2) is 63.1 Å². The molecule has 0 saturated carbocycles. The summed E-state index contributed by atoms with van der Waals surface area (Å²) in [5.74, 6) is -0.825. The minimum absolute atomic E-state index is 0.00416. The minimum Gasteiger partial charge on any atom is -0.493 e. The number of urea groups is 1. The molecule has 4 rings (SSSR count). The average molecular weight is 559 g/mol. The molecule has 2 aromatic carbocycles. The number of hydrogen-bond acceptors (Lipinski definition) is 7. The minimum atomic E-state index is -0.673. The van der Waals surface area contributed by atoms with Crippen LogP contribution in [0, 0.1) is 5.82 Å². The van der Waals surface area contributed by atoms with E-state index in [1.165, 1.54) is 44.6 Å². The van der Waals surface area contributed by atoms with Gasteiger partial charge in [0.1, 0.15) is 23.9 Å². The SMILES string of the molecule is COC(=O)c1ccc(CN2C(=O)N/C(=C\c3cc(Br)cc(OC)c3OCc3cccc(F)c3)C2=O)o1. The number of amides is 3. The van der Waals surface area contributed by atoms with Crippen molar-refractivity contribution in [2.75, 3.05) is 14.2 Å². The number of methoxy groups -OCH3 is 2. The van der Waals surface area contributed by atoms with Gasteiger partial charge in [0.25, 0.3) is 5.91 Å². The molecule has 11 heteroatoms. The second kappa shape index (κ2) is 10.6.